The SMILES string of the molecule is Cc1cc(C)c(Cc2cc(C(C)(C)c3cc(Cc4cc(C)c(C)cc4C)c(C)c(Cc4cc(C)c(C)cc4C)c3)cc(Cc3cc(C)c(C)cc3C)c2C)cc1C. The van der Waals surface area contributed by atoms with Gasteiger partial charge in [0.15, 0.2) is 0 Å². The molecular weight excluding hydrogens is 685 g/mol. The summed E-state index contributed by atoms with van der Waals surface area (Å²) < 4.78 is 0. The number of benzene rings is 6. The van der Waals surface area contributed by atoms with Gasteiger partial charge in [-0.1, -0.05) is 86.6 Å². The second-order valence-corrected chi connectivity index (χ2v) is 18.6. The summed E-state index contributed by atoms with van der Waals surface area (Å²) in [5.74, 6) is 0. The minimum absolute atomic E-state index is 0.235. The fraction of sp³-hybridized carbons (Fsp3) is 0.368. The monoisotopic (exact) mass is 753 g/mol. The van der Waals surface area contributed by atoms with Crippen molar-refractivity contribution in [1.82, 2.24) is 0 Å². The predicted molar refractivity (Wildman–Crippen MR) is 248 cm³/mol. The molecule has 0 saturated heterocycles. The molecule has 0 radical (unpaired) electrons. The van der Waals surface area contributed by atoms with Crippen molar-refractivity contribution in [3.8, 4) is 0 Å². The Bertz CT molecular complexity index is 2180. The van der Waals surface area contributed by atoms with Gasteiger partial charge >= 0.3 is 0 Å². The topological polar surface area (TPSA) is 0 Å². The maximum atomic E-state index is 2.56. The summed E-state index contributed by atoms with van der Waals surface area (Å²) in [6, 6.07) is 29.4. The Morgan fingerprint density at radius 2 is 0.439 bits per heavy atom. The van der Waals surface area contributed by atoms with Gasteiger partial charge in [-0.25, -0.2) is 0 Å². The average Bonchev–Trinajstić information content (AvgIpc) is 3.13. The molecule has 0 heterocycles. The third kappa shape index (κ3) is 8.77. The minimum atomic E-state index is -0.235. The molecule has 6 rings (SSSR count). The summed E-state index contributed by atoms with van der Waals surface area (Å²) in [6.07, 6.45) is 3.74. The molecule has 0 aromatic heterocycles. The lowest BCUT2D eigenvalue weighted by atomic mass is 9.73. The first-order valence-corrected chi connectivity index (χ1v) is 21.3. The lowest BCUT2D eigenvalue weighted by Gasteiger charge is -2.31. The van der Waals surface area contributed by atoms with E-state index >= 15 is 0 Å². The van der Waals surface area contributed by atoms with Gasteiger partial charge in [0.05, 0.1) is 0 Å². The van der Waals surface area contributed by atoms with Gasteiger partial charge in [0.1, 0.15) is 0 Å². The van der Waals surface area contributed by atoms with Crippen LogP contribution in [0.2, 0.25) is 0 Å². The van der Waals surface area contributed by atoms with Gasteiger partial charge in [0.2, 0.25) is 0 Å². The molecule has 6 aromatic carbocycles. The first kappa shape index (κ1) is 41.9. The molecule has 0 aliphatic rings. The summed E-state index contributed by atoms with van der Waals surface area (Å²) in [6.45, 7) is 36.8. The molecule has 0 nitrogen and oxygen atoms in total. The predicted octanol–water partition coefficient (Wildman–Crippen LogP) is 14.7. The van der Waals surface area contributed by atoms with Gasteiger partial charge in [-0.05, 0) is 256 Å². The van der Waals surface area contributed by atoms with Crippen LogP contribution in [0.5, 0.6) is 0 Å². The zero-order valence-corrected chi connectivity index (χ0v) is 38.3. The number of hydrogen-bond donors (Lipinski definition) is 0. The second-order valence-electron chi connectivity index (χ2n) is 18.6. The molecule has 0 amide bonds. The summed E-state index contributed by atoms with van der Waals surface area (Å²) in [7, 11) is 0. The van der Waals surface area contributed by atoms with E-state index in [0.717, 1.165) is 25.7 Å². The Morgan fingerprint density at radius 3 is 0.649 bits per heavy atom. The number of hydrogen-bond acceptors (Lipinski definition) is 0. The summed E-state index contributed by atoms with van der Waals surface area (Å²) in [5.41, 5.74) is 33.3. The highest BCUT2D eigenvalue weighted by molar-refractivity contribution is 5.54. The van der Waals surface area contributed by atoms with E-state index in [2.05, 4.69) is 184 Å². The van der Waals surface area contributed by atoms with Crippen molar-refractivity contribution in [1.29, 1.82) is 0 Å². The van der Waals surface area contributed by atoms with Crippen LogP contribution < -0.4 is 0 Å². The van der Waals surface area contributed by atoms with E-state index in [4.69, 9.17) is 0 Å². The maximum Gasteiger partial charge on any atom is 0.0146 e. The van der Waals surface area contributed by atoms with Crippen molar-refractivity contribution < 1.29 is 0 Å². The van der Waals surface area contributed by atoms with Crippen LogP contribution in [0.4, 0.5) is 0 Å². The Hall–Kier alpha value is -4.68. The molecule has 0 unspecified atom stereocenters. The van der Waals surface area contributed by atoms with Crippen LogP contribution in [0.25, 0.3) is 0 Å². The zero-order valence-electron chi connectivity index (χ0n) is 38.3. The van der Waals surface area contributed by atoms with E-state index in [-0.39, 0.29) is 5.41 Å². The fourth-order valence-corrected chi connectivity index (χ4v) is 8.97. The molecule has 0 bridgehead atoms. The first-order chi connectivity index (χ1) is 26.7. The lowest BCUT2D eigenvalue weighted by molar-refractivity contribution is 0.635. The highest BCUT2D eigenvalue weighted by Gasteiger charge is 2.28. The molecule has 6 aromatic rings. The smallest absolute Gasteiger partial charge is 0.0146 e. The van der Waals surface area contributed by atoms with Crippen LogP contribution in [-0.2, 0) is 31.1 Å². The Morgan fingerprint density at radius 1 is 0.246 bits per heavy atom. The summed E-state index contributed by atoms with van der Waals surface area (Å²) in [4.78, 5) is 0. The zero-order chi connectivity index (χ0) is 41.7. The van der Waals surface area contributed by atoms with Gasteiger partial charge in [-0.3, -0.25) is 0 Å². The molecule has 0 N–H and O–H groups in total. The van der Waals surface area contributed by atoms with Crippen molar-refractivity contribution in [2.75, 3.05) is 0 Å². The Kier molecular flexibility index (Phi) is 12.0. The third-order valence-corrected chi connectivity index (χ3v) is 14.0. The van der Waals surface area contributed by atoms with Gasteiger partial charge in [0, 0.05) is 5.41 Å². The van der Waals surface area contributed by atoms with E-state index < -0.39 is 0 Å². The summed E-state index contributed by atoms with van der Waals surface area (Å²) >= 11 is 0. The van der Waals surface area contributed by atoms with Crippen molar-refractivity contribution in [3.63, 3.8) is 0 Å². The van der Waals surface area contributed by atoms with Crippen molar-refractivity contribution in [2.24, 2.45) is 0 Å². The molecule has 0 saturated carbocycles. The molecule has 0 heteroatoms. The van der Waals surface area contributed by atoms with Crippen LogP contribution in [-0.4, -0.2) is 0 Å². The molecular formula is C57H68. The maximum absolute atomic E-state index is 2.56. The third-order valence-electron chi connectivity index (χ3n) is 14.0. The Labute approximate surface area is 346 Å². The van der Waals surface area contributed by atoms with E-state index in [1.807, 2.05) is 0 Å². The van der Waals surface area contributed by atoms with Crippen LogP contribution in [0.1, 0.15) is 147 Å². The van der Waals surface area contributed by atoms with Gasteiger partial charge < -0.3 is 0 Å². The standard InChI is InChI=1S/C57H68/c1-33-17-41(9)47(21-37(33)5)25-51-29-55(30-52(45(51)13)26-48-22-38(6)34(2)18-42(48)10)57(15,16)56-31-53(27-49-23-39(7)35(3)19-43(49)11)46(14)54(32-56)28-50-24-40(8)36(4)20-44(50)12/h17-24,29-32H,25-28H2,1-16H3. The molecule has 296 valence electrons. The molecule has 0 fully saturated rings. The highest BCUT2D eigenvalue weighted by Crippen LogP contribution is 2.39. The Balaban J connectivity index is 1.55. The minimum Gasteiger partial charge on any atom is -0.0558 e. The van der Waals surface area contributed by atoms with Crippen molar-refractivity contribution in [3.05, 3.63) is 206 Å². The van der Waals surface area contributed by atoms with Crippen molar-refractivity contribution >= 4 is 0 Å². The van der Waals surface area contributed by atoms with E-state index in [1.165, 1.54) is 134 Å². The van der Waals surface area contributed by atoms with E-state index in [1.54, 1.807) is 0 Å². The van der Waals surface area contributed by atoms with Gasteiger partial charge in [0.25, 0.3) is 0 Å². The lowest BCUT2D eigenvalue weighted by Crippen LogP contribution is -2.22. The number of rotatable bonds is 10. The van der Waals surface area contributed by atoms with Crippen LogP contribution in [0.15, 0.2) is 72.8 Å². The van der Waals surface area contributed by atoms with E-state index in [9.17, 15) is 0 Å². The van der Waals surface area contributed by atoms with Crippen LogP contribution in [0.3, 0.4) is 0 Å². The second kappa shape index (κ2) is 16.3. The molecule has 0 atom stereocenters. The largest absolute Gasteiger partial charge is 0.0558 e. The highest BCUT2D eigenvalue weighted by atomic mass is 14.3. The van der Waals surface area contributed by atoms with Gasteiger partial charge in [-0.15, -0.1) is 0 Å². The van der Waals surface area contributed by atoms with Gasteiger partial charge in [-0.2, -0.15) is 0 Å². The van der Waals surface area contributed by atoms with Crippen LogP contribution in [0, 0.1) is 96.9 Å². The van der Waals surface area contributed by atoms with Crippen molar-refractivity contribution in [2.45, 2.75) is 142 Å². The average molecular weight is 753 g/mol. The quantitative estimate of drug-likeness (QED) is 0.131. The van der Waals surface area contributed by atoms with Crippen LogP contribution >= 0.6 is 0 Å². The molecule has 57 heavy (non-hydrogen) atoms. The normalized spacial score (nSPS) is 11.8. The molecule has 0 spiro atoms. The fourth-order valence-electron chi connectivity index (χ4n) is 8.97. The summed E-state index contributed by atoms with van der Waals surface area (Å²) in [5, 5.41) is 0. The molecule has 0 aliphatic heterocycles. The molecule has 0 aliphatic carbocycles. The van der Waals surface area contributed by atoms with E-state index in [0.29, 0.717) is 0 Å². The number of aryl methyl sites for hydroxylation is 12. The first-order valence-electron chi connectivity index (χ1n) is 21.3.